The highest BCUT2D eigenvalue weighted by Crippen LogP contribution is 2.09. The van der Waals surface area contributed by atoms with Crippen LogP contribution in [0.2, 0.25) is 0 Å². The molecule has 0 atom stereocenters. The zero-order valence-corrected chi connectivity index (χ0v) is 10.3. The van der Waals surface area contributed by atoms with Crippen LogP contribution in [-0.4, -0.2) is 4.98 Å². The van der Waals surface area contributed by atoms with Crippen molar-refractivity contribution in [3.05, 3.63) is 59.9 Å². The molecule has 2 aromatic rings. The Labute approximate surface area is 108 Å². The summed E-state index contributed by atoms with van der Waals surface area (Å²) in [4.78, 5) is 4.27. The first-order chi connectivity index (χ1) is 6.84. The molecule has 0 aliphatic carbocycles. The van der Waals surface area contributed by atoms with E-state index in [4.69, 9.17) is 5.73 Å². The maximum Gasteiger partial charge on any atom is 0.0447 e. The van der Waals surface area contributed by atoms with Crippen LogP contribution in [0.1, 0.15) is 11.3 Å². The molecule has 0 bridgehead atoms. The van der Waals surface area contributed by atoms with Gasteiger partial charge in [0.15, 0.2) is 0 Å². The smallest absolute Gasteiger partial charge is 0.0447 e. The number of hydrogen-bond donors (Lipinski definition) is 1. The van der Waals surface area contributed by atoms with Crippen molar-refractivity contribution in [3.63, 3.8) is 0 Å². The fourth-order valence-electron chi connectivity index (χ4n) is 1.35. The van der Waals surface area contributed by atoms with E-state index < -0.39 is 0 Å². The van der Waals surface area contributed by atoms with E-state index >= 15 is 0 Å². The number of pyridine rings is 1. The second kappa shape index (κ2) is 7.09. The van der Waals surface area contributed by atoms with E-state index in [1.54, 1.807) is 0 Å². The molecule has 0 spiro atoms. The van der Waals surface area contributed by atoms with E-state index in [-0.39, 0.29) is 24.8 Å². The largest absolute Gasteiger partial charge is 0.399 e. The average Bonchev–Trinajstić information content (AvgIpc) is 2.23. The molecule has 0 saturated carbocycles. The van der Waals surface area contributed by atoms with Crippen LogP contribution in [0, 0.1) is 0 Å². The summed E-state index contributed by atoms with van der Waals surface area (Å²) in [5, 5.41) is 0. The molecule has 16 heavy (non-hydrogen) atoms. The molecule has 0 fully saturated rings. The molecular formula is C12H14Cl2N2. The Bertz CT molecular complexity index is 401. The molecule has 2 nitrogen and oxygen atoms in total. The summed E-state index contributed by atoms with van der Waals surface area (Å²) < 4.78 is 0. The van der Waals surface area contributed by atoms with E-state index in [0.717, 1.165) is 17.8 Å². The molecule has 0 unspecified atom stereocenters. The van der Waals surface area contributed by atoms with Crippen molar-refractivity contribution in [2.45, 2.75) is 6.42 Å². The molecule has 2 N–H and O–H groups in total. The van der Waals surface area contributed by atoms with Gasteiger partial charge in [0.1, 0.15) is 0 Å². The summed E-state index contributed by atoms with van der Waals surface area (Å²) in [6, 6.07) is 13.8. The predicted octanol–water partition coefficient (Wildman–Crippen LogP) is 3.10. The molecule has 0 amide bonds. The summed E-state index contributed by atoms with van der Waals surface area (Å²) in [5.74, 6) is 0. The summed E-state index contributed by atoms with van der Waals surface area (Å²) >= 11 is 0. The van der Waals surface area contributed by atoms with Crippen LogP contribution in [0.3, 0.4) is 0 Å². The first-order valence-electron chi connectivity index (χ1n) is 4.59. The monoisotopic (exact) mass is 256 g/mol. The highest BCUT2D eigenvalue weighted by molar-refractivity contribution is 5.85. The minimum absolute atomic E-state index is 0. The Morgan fingerprint density at radius 1 is 0.938 bits per heavy atom. The van der Waals surface area contributed by atoms with Gasteiger partial charge in [-0.25, -0.2) is 0 Å². The van der Waals surface area contributed by atoms with E-state index in [1.165, 1.54) is 5.56 Å². The Balaban J connectivity index is 0.00000112. The fourth-order valence-corrected chi connectivity index (χ4v) is 1.35. The number of nitrogen functional groups attached to an aromatic ring is 1. The SMILES string of the molecule is Cl.Cl.Nc1ccc(Cc2ccccn2)cc1. The van der Waals surface area contributed by atoms with Gasteiger partial charge in [0.25, 0.3) is 0 Å². The molecule has 2 rings (SSSR count). The van der Waals surface area contributed by atoms with Crippen LogP contribution in [0.4, 0.5) is 5.69 Å². The minimum atomic E-state index is 0. The predicted molar refractivity (Wildman–Crippen MR) is 72.4 cm³/mol. The fraction of sp³-hybridized carbons (Fsp3) is 0.0833. The van der Waals surface area contributed by atoms with Gasteiger partial charge in [0.05, 0.1) is 0 Å². The molecule has 4 heteroatoms. The number of aromatic nitrogens is 1. The van der Waals surface area contributed by atoms with Crippen LogP contribution >= 0.6 is 24.8 Å². The van der Waals surface area contributed by atoms with Crippen LogP contribution in [0.15, 0.2) is 48.7 Å². The van der Waals surface area contributed by atoms with E-state index in [9.17, 15) is 0 Å². The molecule has 0 saturated heterocycles. The number of nitrogens with two attached hydrogens (primary N) is 1. The second-order valence-corrected chi connectivity index (χ2v) is 3.24. The van der Waals surface area contributed by atoms with E-state index in [2.05, 4.69) is 4.98 Å². The number of anilines is 1. The first kappa shape index (κ1) is 14.8. The van der Waals surface area contributed by atoms with Gasteiger partial charge >= 0.3 is 0 Å². The highest BCUT2D eigenvalue weighted by atomic mass is 35.5. The maximum atomic E-state index is 5.60. The van der Waals surface area contributed by atoms with Crippen LogP contribution < -0.4 is 5.73 Å². The molecule has 0 radical (unpaired) electrons. The Morgan fingerprint density at radius 2 is 1.62 bits per heavy atom. The van der Waals surface area contributed by atoms with Crippen LogP contribution in [-0.2, 0) is 6.42 Å². The number of halogens is 2. The van der Waals surface area contributed by atoms with Crippen molar-refractivity contribution in [1.29, 1.82) is 0 Å². The maximum absolute atomic E-state index is 5.60. The Hall–Kier alpha value is -1.25. The Kier molecular flexibility index (Phi) is 6.54. The van der Waals surface area contributed by atoms with Gasteiger partial charge in [0, 0.05) is 24.0 Å². The normalized spacial score (nSPS) is 8.75. The number of benzene rings is 1. The van der Waals surface area contributed by atoms with Gasteiger partial charge in [-0.3, -0.25) is 4.98 Å². The Morgan fingerprint density at radius 3 is 2.19 bits per heavy atom. The van der Waals surface area contributed by atoms with Crippen molar-refractivity contribution < 1.29 is 0 Å². The highest BCUT2D eigenvalue weighted by Gasteiger charge is 1.95. The summed E-state index contributed by atoms with van der Waals surface area (Å²) in [6.07, 6.45) is 2.67. The molecule has 86 valence electrons. The zero-order valence-electron chi connectivity index (χ0n) is 8.67. The molecule has 1 aromatic heterocycles. The van der Waals surface area contributed by atoms with E-state index in [0.29, 0.717) is 0 Å². The van der Waals surface area contributed by atoms with Crippen LogP contribution in [0.5, 0.6) is 0 Å². The number of rotatable bonds is 2. The summed E-state index contributed by atoms with van der Waals surface area (Å²) in [7, 11) is 0. The van der Waals surface area contributed by atoms with Gasteiger partial charge in [-0.05, 0) is 29.8 Å². The first-order valence-corrected chi connectivity index (χ1v) is 4.59. The van der Waals surface area contributed by atoms with Gasteiger partial charge in [-0.15, -0.1) is 24.8 Å². The third kappa shape index (κ3) is 4.09. The summed E-state index contributed by atoms with van der Waals surface area (Å²) in [6.45, 7) is 0. The minimum Gasteiger partial charge on any atom is -0.399 e. The molecule has 1 heterocycles. The van der Waals surface area contributed by atoms with Crippen molar-refractivity contribution in [2.24, 2.45) is 0 Å². The second-order valence-electron chi connectivity index (χ2n) is 3.24. The van der Waals surface area contributed by atoms with Crippen molar-refractivity contribution in [2.75, 3.05) is 5.73 Å². The lowest BCUT2D eigenvalue weighted by Gasteiger charge is -2.00. The third-order valence-electron chi connectivity index (χ3n) is 2.09. The lowest BCUT2D eigenvalue weighted by atomic mass is 10.1. The average molecular weight is 257 g/mol. The van der Waals surface area contributed by atoms with E-state index in [1.807, 2.05) is 48.7 Å². The van der Waals surface area contributed by atoms with Gasteiger partial charge in [0.2, 0.25) is 0 Å². The lowest BCUT2D eigenvalue weighted by molar-refractivity contribution is 1.07. The third-order valence-corrected chi connectivity index (χ3v) is 2.09. The van der Waals surface area contributed by atoms with Gasteiger partial charge < -0.3 is 5.73 Å². The lowest BCUT2D eigenvalue weighted by Crippen LogP contribution is -1.91. The van der Waals surface area contributed by atoms with Crippen molar-refractivity contribution >= 4 is 30.5 Å². The number of nitrogens with zero attached hydrogens (tertiary/aromatic N) is 1. The molecular weight excluding hydrogens is 243 g/mol. The topological polar surface area (TPSA) is 38.9 Å². The van der Waals surface area contributed by atoms with Gasteiger partial charge in [-0.1, -0.05) is 18.2 Å². The van der Waals surface area contributed by atoms with Crippen molar-refractivity contribution in [3.8, 4) is 0 Å². The zero-order chi connectivity index (χ0) is 9.80. The summed E-state index contributed by atoms with van der Waals surface area (Å²) in [5.41, 5.74) is 8.72. The standard InChI is InChI=1S/C12H12N2.2ClH/c13-11-6-4-10(5-7-11)9-12-3-1-2-8-14-12;;/h1-8H,9,13H2;2*1H. The molecule has 0 aliphatic rings. The molecule has 0 aliphatic heterocycles. The quantitative estimate of drug-likeness (QED) is 0.839. The van der Waals surface area contributed by atoms with Crippen molar-refractivity contribution in [1.82, 2.24) is 4.98 Å². The number of hydrogen-bond acceptors (Lipinski definition) is 2. The van der Waals surface area contributed by atoms with Gasteiger partial charge in [-0.2, -0.15) is 0 Å². The molecule has 1 aromatic carbocycles. The van der Waals surface area contributed by atoms with Crippen LogP contribution in [0.25, 0.3) is 0 Å².